The van der Waals surface area contributed by atoms with Crippen molar-refractivity contribution >= 4 is 0 Å². The Labute approximate surface area is 281 Å². The van der Waals surface area contributed by atoms with Gasteiger partial charge in [0.2, 0.25) is 0 Å². The van der Waals surface area contributed by atoms with Gasteiger partial charge in [-0.2, -0.15) is 0 Å². The zero-order chi connectivity index (χ0) is 32.1. The van der Waals surface area contributed by atoms with Crippen LogP contribution in [0.4, 0.5) is 0 Å². The summed E-state index contributed by atoms with van der Waals surface area (Å²) in [6, 6.07) is 66.3. The fourth-order valence-electron chi connectivity index (χ4n) is 6.38. The molecule has 48 heavy (non-hydrogen) atoms. The second-order valence-corrected chi connectivity index (χ2v) is 11.8. The Kier molecular flexibility index (Phi) is 7.96. The second kappa shape index (κ2) is 13.2. The molecule has 2 heteroatoms. The van der Waals surface area contributed by atoms with E-state index in [9.17, 15) is 0 Å². The number of hydrogen-bond donors (Lipinski definition) is 0. The van der Waals surface area contributed by atoms with E-state index in [1.165, 1.54) is 44.5 Å². The molecule has 1 aromatic heterocycles. The number of nitrogens with zero attached hydrogens (tertiary/aromatic N) is 2. The zero-order valence-corrected chi connectivity index (χ0v) is 26.4. The fraction of sp³-hybridized carbons (Fsp3) is 0. The predicted molar refractivity (Wildman–Crippen MR) is 200 cm³/mol. The van der Waals surface area contributed by atoms with Gasteiger partial charge < -0.3 is 0 Å². The summed E-state index contributed by atoms with van der Waals surface area (Å²) in [7, 11) is 0. The molecule has 0 saturated carbocycles. The van der Waals surface area contributed by atoms with Crippen molar-refractivity contribution in [1.29, 1.82) is 0 Å². The first-order valence-corrected chi connectivity index (χ1v) is 16.2. The van der Waals surface area contributed by atoms with Gasteiger partial charge in [-0.1, -0.05) is 170 Å². The number of hydrogen-bond acceptors (Lipinski definition) is 2. The van der Waals surface area contributed by atoms with Crippen LogP contribution in [0, 0.1) is 0 Å². The van der Waals surface area contributed by atoms with Crippen molar-refractivity contribution in [2.24, 2.45) is 0 Å². The molecule has 0 radical (unpaired) electrons. The third kappa shape index (κ3) is 5.95. The van der Waals surface area contributed by atoms with Gasteiger partial charge in [0.25, 0.3) is 0 Å². The molecule has 0 saturated heterocycles. The smallest absolute Gasteiger partial charge is 0.159 e. The third-order valence-electron chi connectivity index (χ3n) is 8.80. The summed E-state index contributed by atoms with van der Waals surface area (Å²) in [5, 5.41) is 0. The fourth-order valence-corrected chi connectivity index (χ4v) is 6.38. The third-order valence-corrected chi connectivity index (χ3v) is 8.80. The van der Waals surface area contributed by atoms with Crippen molar-refractivity contribution in [1.82, 2.24) is 9.97 Å². The Hall–Kier alpha value is -6.38. The monoisotopic (exact) mass is 612 g/mol. The van der Waals surface area contributed by atoms with Crippen molar-refractivity contribution in [2.75, 3.05) is 0 Å². The summed E-state index contributed by atoms with van der Waals surface area (Å²) >= 11 is 0. The summed E-state index contributed by atoms with van der Waals surface area (Å²) in [5.41, 5.74) is 14.9. The van der Waals surface area contributed by atoms with Crippen LogP contribution in [-0.2, 0) is 0 Å². The lowest BCUT2D eigenvalue weighted by Gasteiger charge is -2.15. The van der Waals surface area contributed by atoms with E-state index in [4.69, 9.17) is 4.98 Å². The van der Waals surface area contributed by atoms with Crippen LogP contribution in [0.5, 0.6) is 0 Å². The highest BCUT2D eigenvalue weighted by molar-refractivity contribution is 5.92. The molecule has 0 bridgehead atoms. The highest BCUT2D eigenvalue weighted by Gasteiger charge is 2.13. The second-order valence-electron chi connectivity index (χ2n) is 11.8. The SMILES string of the molecule is c1ccc(-c2ccc(-c3ccnc(-c4cccc(-c5cccc(-c6ccccc6-c6ccccc6-c6ccccc6)c5)c4)n3)cc2)cc1. The molecule has 1 heterocycles. The quantitative estimate of drug-likeness (QED) is 0.179. The molecule has 8 rings (SSSR count). The van der Waals surface area contributed by atoms with Crippen LogP contribution in [-0.4, -0.2) is 9.97 Å². The predicted octanol–water partition coefficient (Wildman–Crippen LogP) is 12.1. The van der Waals surface area contributed by atoms with Crippen LogP contribution in [0.2, 0.25) is 0 Å². The molecule has 0 N–H and O–H groups in total. The molecular weight excluding hydrogens is 581 g/mol. The van der Waals surface area contributed by atoms with E-state index in [1.807, 2.05) is 18.3 Å². The minimum absolute atomic E-state index is 0.709. The van der Waals surface area contributed by atoms with Gasteiger partial charge in [0.1, 0.15) is 0 Å². The van der Waals surface area contributed by atoms with Crippen LogP contribution >= 0.6 is 0 Å². The molecule has 7 aromatic carbocycles. The van der Waals surface area contributed by atoms with Crippen LogP contribution in [0.25, 0.3) is 78.3 Å². The van der Waals surface area contributed by atoms with E-state index < -0.39 is 0 Å². The van der Waals surface area contributed by atoms with Gasteiger partial charge in [-0.05, 0) is 73.8 Å². The maximum Gasteiger partial charge on any atom is 0.159 e. The van der Waals surface area contributed by atoms with Gasteiger partial charge in [0.15, 0.2) is 5.82 Å². The van der Waals surface area contributed by atoms with Crippen molar-refractivity contribution in [3.63, 3.8) is 0 Å². The lowest BCUT2D eigenvalue weighted by molar-refractivity contribution is 1.18. The maximum absolute atomic E-state index is 4.98. The molecule has 0 atom stereocenters. The van der Waals surface area contributed by atoms with Gasteiger partial charge in [0.05, 0.1) is 5.69 Å². The molecule has 8 aromatic rings. The van der Waals surface area contributed by atoms with Crippen LogP contribution in [0.3, 0.4) is 0 Å². The van der Waals surface area contributed by atoms with Gasteiger partial charge in [-0.3, -0.25) is 0 Å². The van der Waals surface area contributed by atoms with E-state index in [0.717, 1.165) is 27.9 Å². The first-order chi connectivity index (χ1) is 23.8. The van der Waals surface area contributed by atoms with Crippen LogP contribution < -0.4 is 0 Å². The molecule has 0 aliphatic heterocycles. The highest BCUT2D eigenvalue weighted by Crippen LogP contribution is 2.39. The summed E-state index contributed by atoms with van der Waals surface area (Å²) in [4.78, 5) is 9.65. The Balaban J connectivity index is 1.11. The minimum atomic E-state index is 0.709. The van der Waals surface area contributed by atoms with Crippen LogP contribution in [0.15, 0.2) is 194 Å². The molecule has 0 fully saturated rings. The molecule has 0 aliphatic rings. The van der Waals surface area contributed by atoms with Crippen molar-refractivity contribution in [3.8, 4) is 78.3 Å². The molecule has 226 valence electrons. The molecule has 2 nitrogen and oxygen atoms in total. The summed E-state index contributed by atoms with van der Waals surface area (Å²) in [5.74, 6) is 0.709. The lowest BCUT2D eigenvalue weighted by Crippen LogP contribution is -1.92. The highest BCUT2D eigenvalue weighted by atomic mass is 14.9. The normalized spacial score (nSPS) is 10.9. The van der Waals surface area contributed by atoms with E-state index in [-0.39, 0.29) is 0 Å². The van der Waals surface area contributed by atoms with Crippen molar-refractivity contribution in [2.45, 2.75) is 0 Å². The van der Waals surface area contributed by atoms with E-state index in [1.54, 1.807) is 0 Å². The molecule has 0 aliphatic carbocycles. The van der Waals surface area contributed by atoms with Gasteiger partial charge in [-0.25, -0.2) is 9.97 Å². The van der Waals surface area contributed by atoms with Crippen LogP contribution in [0.1, 0.15) is 0 Å². The number of aromatic nitrogens is 2. The summed E-state index contributed by atoms with van der Waals surface area (Å²) in [6.07, 6.45) is 1.85. The van der Waals surface area contributed by atoms with Crippen molar-refractivity contribution < 1.29 is 0 Å². The Morgan fingerprint density at radius 3 is 1.35 bits per heavy atom. The summed E-state index contributed by atoms with van der Waals surface area (Å²) in [6.45, 7) is 0. The molecule has 0 unspecified atom stereocenters. The Bertz CT molecular complexity index is 2320. The van der Waals surface area contributed by atoms with E-state index in [0.29, 0.717) is 5.82 Å². The lowest BCUT2D eigenvalue weighted by atomic mass is 9.88. The Morgan fingerprint density at radius 2 is 0.708 bits per heavy atom. The van der Waals surface area contributed by atoms with Crippen molar-refractivity contribution in [3.05, 3.63) is 194 Å². The average Bonchev–Trinajstić information content (AvgIpc) is 3.19. The van der Waals surface area contributed by atoms with E-state index in [2.05, 4.69) is 181 Å². The topological polar surface area (TPSA) is 25.8 Å². The largest absolute Gasteiger partial charge is 0.237 e. The molecular formula is C46H32N2. The maximum atomic E-state index is 4.98. The zero-order valence-electron chi connectivity index (χ0n) is 26.4. The minimum Gasteiger partial charge on any atom is -0.237 e. The average molecular weight is 613 g/mol. The van der Waals surface area contributed by atoms with Gasteiger partial charge >= 0.3 is 0 Å². The first kappa shape index (κ1) is 29.1. The number of benzene rings is 7. The van der Waals surface area contributed by atoms with Gasteiger partial charge in [-0.15, -0.1) is 0 Å². The standard InChI is InChI=1S/C46H32N2/c1-3-13-33(14-4-1)34-25-27-36(28-26-34)45-29-30-47-46(48-45)40-20-12-18-38(32-40)37-17-11-19-39(31-37)42-22-8-10-24-44(42)43-23-9-7-21-41(43)35-15-5-2-6-16-35/h1-32H. The number of rotatable bonds is 7. The molecule has 0 amide bonds. The first-order valence-electron chi connectivity index (χ1n) is 16.2. The van der Waals surface area contributed by atoms with E-state index >= 15 is 0 Å². The van der Waals surface area contributed by atoms with Gasteiger partial charge in [0, 0.05) is 17.3 Å². The summed E-state index contributed by atoms with van der Waals surface area (Å²) < 4.78 is 0. The Morgan fingerprint density at radius 1 is 0.271 bits per heavy atom. The molecule has 0 spiro atoms.